The van der Waals surface area contributed by atoms with Gasteiger partial charge in [0, 0.05) is 18.5 Å². The number of carboxylic acid groups (broad SMARTS) is 1. The summed E-state index contributed by atoms with van der Waals surface area (Å²) in [6.45, 7) is 5.64. The number of nitrogens with zero attached hydrogens (tertiary/aromatic N) is 2. The van der Waals surface area contributed by atoms with Crippen LogP contribution in [0.2, 0.25) is 0 Å². The molecule has 0 aromatic carbocycles. The van der Waals surface area contributed by atoms with E-state index in [4.69, 9.17) is 9.84 Å². The Morgan fingerprint density at radius 3 is 3.24 bits per heavy atom. The highest BCUT2D eigenvalue weighted by Gasteiger charge is 2.24. The van der Waals surface area contributed by atoms with E-state index in [9.17, 15) is 4.79 Å². The number of morpholine rings is 1. The normalized spacial score (nSPS) is 21.6. The number of carbonyl (C=O) groups is 1. The third kappa shape index (κ3) is 3.02. The second-order valence-electron chi connectivity index (χ2n) is 4.04. The summed E-state index contributed by atoms with van der Waals surface area (Å²) < 4.78 is 5.65. The second-order valence-corrected chi connectivity index (χ2v) is 4.93. The number of aromatic carboxylic acids is 1. The Labute approximate surface area is 104 Å². The lowest BCUT2D eigenvalue weighted by molar-refractivity contribution is -0.0299. The van der Waals surface area contributed by atoms with Crippen LogP contribution < -0.4 is 0 Å². The molecule has 2 rings (SSSR count). The van der Waals surface area contributed by atoms with Crippen molar-refractivity contribution in [3.63, 3.8) is 0 Å². The van der Waals surface area contributed by atoms with Crippen LogP contribution >= 0.6 is 11.3 Å². The predicted molar refractivity (Wildman–Crippen MR) is 64.5 cm³/mol. The van der Waals surface area contributed by atoms with Crippen LogP contribution in [0, 0.1) is 0 Å². The van der Waals surface area contributed by atoms with Gasteiger partial charge in [-0.3, -0.25) is 4.90 Å². The average molecular weight is 256 g/mol. The number of thiazole rings is 1. The first-order chi connectivity index (χ1) is 8.20. The number of aromatic nitrogens is 1. The Hall–Kier alpha value is -0.980. The van der Waals surface area contributed by atoms with Crippen molar-refractivity contribution in [2.24, 2.45) is 0 Å². The van der Waals surface area contributed by atoms with Gasteiger partial charge in [0.25, 0.3) is 0 Å². The monoisotopic (exact) mass is 256 g/mol. The van der Waals surface area contributed by atoms with Crippen molar-refractivity contribution >= 4 is 17.3 Å². The van der Waals surface area contributed by atoms with Crippen LogP contribution in [-0.4, -0.2) is 47.2 Å². The zero-order chi connectivity index (χ0) is 12.3. The fraction of sp³-hybridized carbons (Fsp3) is 0.636. The molecule has 1 aromatic rings. The first-order valence-electron chi connectivity index (χ1n) is 5.73. The maximum atomic E-state index is 10.8. The van der Waals surface area contributed by atoms with E-state index in [2.05, 4.69) is 16.8 Å². The lowest BCUT2D eigenvalue weighted by Crippen LogP contribution is -2.38. The maximum absolute atomic E-state index is 10.8. The van der Waals surface area contributed by atoms with Gasteiger partial charge in [-0.25, -0.2) is 9.78 Å². The number of rotatable bonds is 4. The molecule has 0 bridgehead atoms. The van der Waals surface area contributed by atoms with Crippen molar-refractivity contribution in [2.45, 2.75) is 19.4 Å². The fourth-order valence-electron chi connectivity index (χ4n) is 1.90. The molecule has 1 unspecified atom stereocenters. The zero-order valence-electron chi connectivity index (χ0n) is 9.76. The van der Waals surface area contributed by atoms with E-state index in [1.165, 1.54) is 11.3 Å². The fourth-order valence-corrected chi connectivity index (χ4v) is 2.74. The van der Waals surface area contributed by atoms with Gasteiger partial charge in [0.05, 0.1) is 6.61 Å². The van der Waals surface area contributed by atoms with E-state index in [0.717, 1.165) is 31.1 Å². The molecule has 0 amide bonds. The molecule has 1 saturated heterocycles. The number of carboxylic acids is 1. The van der Waals surface area contributed by atoms with Gasteiger partial charge in [0.15, 0.2) is 5.69 Å². The van der Waals surface area contributed by atoms with Crippen LogP contribution in [0.25, 0.3) is 0 Å². The first kappa shape index (κ1) is 12.5. The first-order valence-corrected chi connectivity index (χ1v) is 6.61. The third-order valence-corrected chi connectivity index (χ3v) is 3.64. The topological polar surface area (TPSA) is 62.7 Å². The van der Waals surface area contributed by atoms with Gasteiger partial charge in [0.1, 0.15) is 11.1 Å². The summed E-state index contributed by atoms with van der Waals surface area (Å²) in [6.07, 6.45) is 1.04. The molecule has 1 fully saturated rings. The van der Waals surface area contributed by atoms with E-state index in [-0.39, 0.29) is 11.8 Å². The Kier molecular flexibility index (Phi) is 4.09. The Balaban J connectivity index is 2.02. The van der Waals surface area contributed by atoms with Crippen LogP contribution in [0.1, 0.15) is 34.9 Å². The van der Waals surface area contributed by atoms with Crippen molar-refractivity contribution in [2.75, 3.05) is 26.2 Å². The minimum Gasteiger partial charge on any atom is -0.476 e. The Morgan fingerprint density at radius 1 is 1.76 bits per heavy atom. The summed E-state index contributed by atoms with van der Waals surface area (Å²) in [7, 11) is 0. The van der Waals surface area contributed by atoms with Crippen LogP contribution in [0.4, 0.5) is 0 Å². The highest BCUT2D eigenvalue weighted by atomic mass is 32.1. The molecule has 5 nitrogen and oxygen atoms in total. The number of ether oxygens (including phenoxy) is 1. The molecule has 17 heavy (non-hydrogen) atoms. The third-order valence-electron chi connectivity index (χ3n) is 2.71. The summed E-state index contributed by atoms with van der Waals surface area (Å²) in [4.78, 5) is 17.2. The molecule has 6 heteroatoms. The van der Waals surface area contributed by atoms with E-state index < -0.39 is 5.97 Å². The van der Waals surface area contributed by atoms with Gasteiger partial charge in [-0.15, -0.1) is 11.3 Å². The van der Waals surface area contributed by atoms with Crippen LogP contribution in [0.3, 0.4) is 0 Å². The van der Waals surface area contributed by atoms with E-state index in [0.29, 0.717) is 6.61 Å². The highest BCUT2D eigenvalue weighted by Crippen LogP contribution is 2.25. The van der Waals surface area contributed by atoms with Crippen molar-refractivity contribution in [1.82, 2.24) is 9.88 Å². The van der Waals surface area contributed by atoms with Crippen molar-refractivity contribution in [1.29, 1.82) is 0 Å². The van der Waals surface area contributed by atoms with Gasteiger partial charge in [-0.1, -0.05) is 6.92 Å². The standard InChI is InChI=1S/C11H16N2O3S/c1-2-3-13-4-5-16-9(6-13)10-12-8(7-17-10)11(14)15/h7,9H,2-6H2,1H3,(H,14,15). The van der Waals surface area contributed by atoms with Gasteiger partial charge < -0.3 is 9.84 Å². The molecular weight excluding hydrogens is 240 g/mol. The summed E-state index contributed by atoms with van der Waals surface area (Å²) in [6, 6.07) is 0. The predicted octanol–water partition coefficient (Wildman–Crippen LogP) is 1.62. The Bertz CT molecular complexity index is 392. The minimum atomic E-state index is -0.978. The van der Waals surface area contributed by atoms with Gasteiger partial charge in [0.2, 0.25) is 0 Å². The van der Waals surface area contributed by atoms with E-state index in [1.54, 1.807) is 5.38 Å². The Morgan fingerprint density at radius 2 is 2.59 bits per heavy atom. The zero-order valence-corrected chi connectivity index (χ0v) is 10.6. The summed E-state index contributed by atoms with van der Waals surface area (Å²) in [5, 5.41) is 11.2. The molecule has 1 aromatic heterocycles. The number of hydrogen-bond acceptors (Lipinski definition) is 5. The molecule has 1 atom stereocenters. The lowest BCUT2D eigenvalue weighted by Gasteiger charge is -2.31. The molecule has 0 spiro atoms. The summed E-state index contributed by atoms with van der Waals surface area (Å²) >= 11 is 1.36. The van der Waals surface area contributed by atoms with E-state index in [1.807, 2.05) is 0 Å². The minimum absolute atomic E-state index is 0.0756. The van der Waals surface area contributed by atoms with Gasteiger partial charge in [-0.2, -0.15) is 0 Å². The second kappa shape index (κ2) is 5.57. The molecule has 0 aliphatic carbocycles. The van der Waals surface area contributed by atoms with Gasteiger partial charge >= 0.3 is 5.97 Å². The molecule has 2 heterocycles. The number of hydrogen-bond donors (Lipinski definition) is 1. The smallest absolute Gasteiger partial charge is 0.355 e. The average Bonchev–Trinajstić information content (AvgIpc) is 2.79. The molecule has 94 valence electrons. The maximum Gasteiger partial charge on any atom is 0.355 e. The van der Waals surface area contributed by atoms with E-state index >= 15 is 0 Å². The SMILES string of the molecule is CCCN1CCOC(c2nc(C(=O)O)cs2)C1. The summed E-state index contributed by atoms with van der Waals surface area (Å²) in [5.41, 5.74) is 0.112. The highest BCUT2D eigenvalue weighted by molar-refractivity contribution is 7.09. The summed E-state index contributed by atoms with van der Waals surface area (Å²) in [5.74, 6) is -0.978. The van der Waals surface area contributed by atoms with Crippen LogP contribution in [0.15, 0.2) is 5.38 Å². The van der Waals surface area contributed by atoms with Crippen molar-refractivity contribution in [3.05, 3.63) is 16.1 Å². The molecule has 1 N–H and O–H groups in total. The molecular formula is C11H16N2O3S. The molecule has 0 saturated carbocycles. The van der Waals surface area contributed by atoms with Gasteiger partial charge in [-0.05, 0) is 13.0 Å². The molecule has 1 aliphatic rings. The quantitative estimate of drug-likeness (QED) is 0.887. The van der Waals surface area contributed by atoms with Crippen molar-refractivity contribution in [3.8, 4) is 0 Å². The molecule has 0 radical (unpaired) electrons. The lowest BCUT2D eigenvalue weighted by atomic mass is 10.2. The van der Waals surface area contributed by atoms with Crippen LogP contribution in [-0.2, 0) is 4.74 Å². The van der Waals surface area contributed by atoms with Crippen molar-refractivity contribution < 1.29 is 14.6 Å². The molecule has 1 aliphatic heterocycles. The van der Waals surface area contributed by atoms with Crippen LogP contribution in [0.5, 0.6) is 0 Å². The largest absolute Gasteiger partial charge is 0.476 e.